The number of aryl methyl sites for hydroxylation is 2. The fraction of sp³-hybridized carbons (Fsp3) is 0.286. The van der Waals surface area contributed by atoms with Gasteiger partial charge in [-0.3, -0.25) is 4.68 Å². The zero-order chi connectivity index (χ0) is 14.5. The number of hydrogen-bond acceptors (Lipinski definition) is 2. The van der Waals surface area contributed by atoms with E-state index in [0.717, 1.165) is 23.2 Å². The smallest absolute Gasteiger partial charge is 0.170 e. The molecule has 0 radical (unpaired) electrons. The Bertz CT molecular complexity index is 609. The highest BCUT2D eigenvalue weighted by Crippen LogP contribution is 2.15. The van der Waals surface area contributed by atoms with E-state index in [9.17, 15) is 0 Å². The Morgan fingerprint density at radius 3 is 2.85 bits per heavy atom. The predicted molar refractivity (Wildman–Crippen MR) is 90.1 cm³/mol. The van der Waals surface area contributed by atoms with Crippen molar-refractivity contribution >= 4 is 38.9 Å². The van der Waals surface area contributed by atoms with Crippen molar-refractivity contribution in [3.8, 4) is 0 Å². The first kappa shape index (κ1) is 15.0. The first-order chi connectivity index (χ1) is 9.54. The molecule has 2 N–H and O–H groups in total. The molecule has 0 amide bonds. The molecule has 1 aromatic heterocycles. The van der Waals surface area contributed by atoms with Crippen molar-refractivity contribution in [1.29, 1.82) is 0 Å². The van der Waals surface area contributed by atoms with Crippen LogP contribution in [0.2, 0.25) is 0 Å². The minimum absolute atomic E-state index is 0.628. The maximum absolute atomic E-state index is 5.29. The Labute approximate surface area is 132 Å². The standard InChI is InChI=1S/C14H17BrN4S/c1-10-3-4-13(11(2)7-10)18-14(20)16-5-6-19-9-12(15)8-17-19/h3-4,7-9H,5-6H2,1-2H3,(H2,16,18,20). The molecule has 20 heavy (non-hydrogen) atoms. The number of benzene rings is 1. The van der Waals surface area contributed by atoms with E-state index in [2.05, 4.69) is 57.6 Å². The largest absolute Gasteiger partial charge is 0.361 e. The van der Waals surface area contributed by atoms with Crippen LogP contribution >= 0.6 is 28.1 Å². The van der Waals surface area contributed by atoms with E-state index in [0.29, 0.717) is 5.11 Å². The third kappa shape index (κ3) is 4.31. The van der Waals surface area contributed by atoms with Crippen molar-refractivity contribution in [2.45, 2.75) is 20.4 Å². The van der Waals surface area contributed by atoms with Gasteiger partial charge in [0.1, 0.15) is 0 Å². The van der Waals surface area contributed by atoms with Gasteiger partial charge in [0, 0.05) is 18.4 Å². The number of aromatic nitrogens is 2. The maximum Gasteiger partial charge on any atom is 0.170 e. The van der Waals surface area contributed by atoms with Gasteiger partial charge in [-0.1, -0.05) is 17.7 Å². The lowest BCUT2D eigenvalue weighted by Crippen LogP contribution is -2.31. The summed E-state index contributed by atoms with van der Waals surface area (Å²) in [5.74, 6) is 0. The molecule has 0 aliphatic heterocycles. The summed E-state index contributed by atoms with van der Waals surface area (Å²) < 4.78 is 2.84. The first-order valence-electron chi connectivity index (χ1n) is 6.34. The molecule has 0 aliphatic carbocycles. The van der Waals surface area contributed by atoms with Crippen molar-refractivity contribution in [2.24, 2.45) is 0 Å². The highest BCUT2D eigenvalue weighted by atomic mass is 79.9. The third-order valence-corrected chi connectivity index (χ3v) is 3.51. The van der Waals surface area contributed by atoms with Crippen molar-refractivity contribution in [3.63, 3.8) is 0 Å². The van der Waals surface area contributed by atoms with Crippen LogP contribution < -0.4 is 10.6 Å². The summed E-state index contributed by atoms with van der Waals surface area (Å²) in [6, 6.07) is 6.24. The molecule has 4 nitrogen and oxygen atoms in total. The molecule has 0 spiro atoms. The number of nitrogens with zero attached hydrogens (tertiary/aromatic N) is 2. The van der Waals surface area contributed by atoms with E-state index < -0.39 is 0 Å². The van der Waals surface area contributed by atoms with Gasteiger partial charge in [-0.05, 0) is 53.6 Å². The SMILES string of the molecule is Cc1ccc(NC(=S)NCCn2cc(Br)cn2)c(C)c1. The van der Waals surface area contributed by atoms with Crippen molar-refractivity contribution in [2.75, 3.05) is 11.9 Å². The molecule has 0 unspecified atom stereocenters. The lowest BCUT2D eigenvalue weighted by molar-refractivity contribution is 0.604. The average Bonchev–Trinajstić information content (AvgIpc) is 2.79. The zero-order valence-corrected chi connectivity index (χ0v) is 13.9. The third-order valence-electron chi connectivity index (χ3n) is 2.86. The Hall–Kier alpha value is -1.40. The Kier molecular flexibility index (Phi) is 5.14. The van der Waals surface area contributed by atoms with Crippen LogP contribution in [0, 0.1) is 13.8 Å². The van der Waals surface area contributed by atoms with Gasteiger partial charge in [0.15, 0.2) is 5.11 Å². The van der Waals surface area contributed by atoms with E-state index >= 15 is 0 Å². The molecule has 0 fully saturated rings. The van der Waals surface area contributed by atoms with Crippen LogP contribution in [0.4, 0.5) is 5.69 Å². The number of rotatable bonds is 4. The van der Waals surface area contributed by atoms with Crippen LogP contribution in [0.25, 0.3) is 0 Å². The molecule has 0 bridgehead atoms. The Balaban J connectivity index is 1.80. The van der Waals surface area contributed by atoms with Gasteiger partial charge < -0.3 is 10.6 Å². The molecule has 1 heterocycles. The number of nitrogens with one attached hydrogen (secondary N) is 2. The van der Waals surface area contributed by atoms with E-state index in [4.69, 9.17) is 12.2 Å². The topological polar surface area (TPSA) is 41.9 Å². The molecular formula is C14H17BrN4S. The molecule has 0 aliphatic rings. The molecule has 1 aromatic carbocycles. The molecule has 0 saturated heterocycles. The molecular weight excluding hydrogens is 336 g/mol. The first-order valence-corrected chi connectivity index (χ1v) is 7.55. The van der Waals surface area contributed by atoms with Crippen molar-refractivity contribution in [1.82, 2.24) is 15.1 Å². The number of hydrogen-bond donors (Lipinski definition) is 2. The van der Waals surface area contributed by atoms with Gasteiger partial charge in [-0.25, -0.2) is 0 Å². The zero-order valence-electron chi connectivity index (χ0n) is 11.5. The van der Waals surface area contributed by atoms with E-state index in [1.165, 1.54) is 11.1 Å². The minimum atomic E-state index is 0.628. The van der Waals surface area contributed by atoms with Crippen LogP contribution in [0.3, 0.4) is 0 Å². The van der Waals surface area contributed by atoms with Crippen LogP contribution in [0.1, 0.15) is 11.1 Å². The predicted octanol–water partition coefficient (Wildman–Crippen LogP) is 3.25. The van der Waals surface area contributed by atoms with Gasteiger partial charge in [0.25, 0.3) is 0 Å². The van der Waals surface area contributed by atoms with Crippen molar-refractivity contribution < 1.29 is 0 Å². The second-order valence-electron chi connectivity index (χ2n) is 4.62. The lowest BCUT2D eigenvalue weighted by atomic mass is 10.1. The summed E-state index contributed by atoms with van der Waals surface area (Å²) in [6.45, 7) is 5.64. The van der Waals surface area contributed by atoms with Crippen LogP contribution in [0.15, 0.2) is 35.1 Å². The lowest BCUT2D eigenvalue weighted by Gasteiger charge is -2.13. The normalized spacial score (nSPS) is 10.3. The fourth-order valence-electron chi connectivity index (χ4n) is 1.86. The minimum Gasteiger partial charge on any atom is -0.361 e. The molecule has 0 atom stereocenters. The molecule has 2 aromatic rings. The summed E-state index contributed by atoms with van der Waals surface area (Å²) >= 11 is 8.66. The summed E-state index contributed by atoms with van der Waals surface area (Å²) in [7, 11) is 0. The van der Waals surface area contributed by atoms with Crippen LogP contribution in [-0.4, -0.2) is 21.4 Å². The quantitative estimate of drug-likeness (QED) is 0.828. The summed E-state index contributed by atoms with van der Waals surface area (Å²) in [5, 5.41) is 11.2. The van der Waals surface area contributed by atoms with Crippen molar-refractivity contribution in [3.05, 3.63) is 46.2 Å². The molecule has 6 heteroatoms. The van der Waals surface area contributed by atoms with Gasteiger partial charge in [0.2, 0.25) is 0 Å². The highest BCUT2D eigenvalue weighted by molar-refractivity contribution is 9.10. The summed E-state index contributed by atoms with van der Waals surface area (Å²) in [6.07, 6.45) is 3.70. The van der Waals surface area contributed by atoms with Crippen LogP contribution in [0.5, 0.6) is 0 Å². The van der Waals surface area contributed by atoms with Gasteiger partial charge in [0.05, 0.1) is 17.2 Å². The molecule has 2 rings (SSSR count). The molecule has 0 saturated carbocycles. The fourth-order valence-corrected chi connectivity index (χ4v) is 2.40. The van der Waals surface area contributed by atoms with Gasteiger partial charge >= 0.3 is 0 Å². The number of anilines is 1. The number of thiocarbonyl (C=S) groups is 1. The van der Waals surface area contributed by atoms with Gasteiger partial charge in [-0.15, -0.1) is 0 Å². The summed E-state index contributed by atoms with van der Waals surface area (Å²) in [4.78, 5) is 0. The Morgan fingerprint density at radius 1 is 1.40 bits per heavy atom. The Morgan fingerprint density at radius 2 is 2.20 bits per heavy atom. The van der Waals surface area contributed by atoms with E-state index in [1.54, 1.807) is 6.20 Å². The van der Waals surface area contributed by atoms with Crippen LogP contribution in [-0.2, 0) is 6.54 Å². The second-order valence-corrected chi connectivity index (χ2v) is 5.94. The van der Waals surface area contributed by atoms with E-state index in [-0.39, 0.29) is 0 Å². The molecule has 106 valence electrons. The summed E-state index contributed by atoms with van der Waals surface area (Å²) in [5.41, 5.74) is 3.47. The van der Waals surface area contributed by atoms with Gasteiger partial charge in [-0.2, -0.15) is 5.10 Å². The number of halogens is 1. The second kappa shape index (κ2) is 6.85. The maximum atomic E-state index is 5.29. The highest BCUT2D eigenvalue weighted by Gasteiger charge is 2.01. The average molecular weight is 353 g/mol. The van der Waals surface area contributed by atoms with E-state index in [1.807, 2.05) is 16.9 Å². The monoisotopic (exact) mass is 352 g/mol.